The van der Waals surface area contributed by atoms with E-state index in [0.717, 1.165) is 5.56 Å². The van der Waals surface area contributed by atoms with Crippen LogP contribution in [0.1, 0.15) is 18.9 Å². The Balaban J connectivity index is 2.58. The summed E-state index contributed by atoms with van der Waals surface area (Å²) in [5.41, 5.74) is 0.977. The van der Waals surface area contributed by atoms with E-state index in [9.17, 15) is 23.2 Å². The molecular weight excluding hydrogens is 322 g/mol. The molecule has 2 N–H and O–H groups in total. The number of hydrogen-bond donors (Lipinski definition) is 2. The summed E-state index contributed by atoms with van der Waals surface area (Å²) in [7, 11) is 0. The third-order valence-electron chi connectivity index (χ3n) is 3.34. The molecule has 1 aromatic rings. The maximum Gasteiger partial charge on any atom is 0.326 e. The largest absolute Gasteiger partial charge is 0.480 e. The van der Waals surface area contributed by atoms with Crippen molar-refractivity contribution in [2.75, 3.05) is 13.1 Å². The van der Waals surface area contributed by atoms with Gasteiger partial charge >= 0.3 is 5.97 Å². The van der Waals surface area contributed by atoms with Crippen molar-refractivity contribution < 1.29 is 28.3 Å². The zero-order chi connectivity index (χ0) is 18.1. The van der Waals surface area contributed by atoms with Gasteiger partial charge in [0.15, 0.2) is 0 Å². The summed E-state index contributed by atoms with van der Waals surface area (Å²) in [5, 5.41) is 10.9. The second-order valence-corrected chi connectivity index (χ2v) is 5.26. The van der Waals surface area contributed by atoms with Crippen LogP contribution in [0.15, 0.2) is 30.3 Å². The first-order valence-electron chi connectivity index (χ1n) is 7.39. The lowest BCUT2D eigenvalue weighted by atomic mass is 10.1. The monoisotopic (exact) mass is 342 g/mol. The number of nitrogens with one attached hydrogen (secondary N) is 1. The molecule has 0 radical (unpaired) electrons. The number of carboxylic acid groups (broad SMARTS) is 1. The van der Waals surface area contributed by atoms with Crippen LogP contribution in [0.3, 0.4) is 0 Å². The molecule has 0 aliphatic carbocycles. The Labute approximate surface area is 138 Å². The molecule has 0 fully saturated rings. The molecule has 0 heterocycles. The highest BCUT2D eigenvalue weighted by atomic mass is 19.3. The SMILES string of the molecule is CC(=O)N(CCc1ccccc1)CC(=O)NC(CC(F)F)C(=O)O. The zero-order valence-electron chi connectivity index (χ0n) is 13.2. The standard InChI is InChI=1S/C16H20F2N2O4/c1-11(21)20(8-7-12-5-3-2-4-6-12)10-15(22)19-13(16(23)24)9-14(17)18/h2-6,13-14H,7-10H2,1H3,(H,19,22)(H,23,24). The minimum atomic E-state index is -2.85. The number of benzene rings is 1. The van der Waals surface area contributed by atoms with Gasteiger partial charge in [-0.15, -0.1) is 0 Å². The van der Waals surface area contributed by atoms with Crippen LogP contribution in [0, 0.1) is 0 Å². The number of halogens is 2. The lowest BCUT2D eigenvalue weighted by molar-refractivity contribution is -0.143. The second-order valence-electron chi connectivity index (χ2n) is 5.26. The summed E-state index contributed by atoms with van der Waals surface area (Å²) in [6.07, 6.45) is -3.31. The normalized spacial score (nSPS) is 11.8. The Kier molecular flexibility index (Phi) is 7.81. The number of hydrogen-bond acceptors (Lipinski definition) is 3. The van der Waals surface area contributed by atoms with E-state index in [2.05, 4.69) is 0 Å². The van der Waals surface area contributed by atoms with Gasteiger partial charge in [-0.2, -0.15) is 0 Å². The average molecular weight is 342 g/mol. The van der Waals surface area contributed by atoms with E-state index in [0.29, 0.717) is 6.42 Å². The van der Waals surface area contributed by atoms with Crippen molar-refractivity contribution in [2.24, 2.45) is 0 Å². The predicted octanol–water partition coefficient (Wildman–Crippen LogP) is 1.30. The average Bonchev–Trinajstić information content (AvgIpc) is 2.51. The molecule has 0 aliphatic rings. The smallest absolute Gasteiger partial charge is 0.326 e. The van der Waals surface area contributed by atoms with E-state index in [-0.39, 0.29) is 19.0 Å². The van der Waals surface area contributed by atoms with E-state index < -0.39 is 30.8 Å². The fraction of sp³-hybridized carbons (Fsp3) is 0.438. The molecule has 1 rings (SSSR count). The van der Waals surface area contributed by atoms with Crippen LogP contribution in [0.2, 0.25) is 0 Å². The van der Waals surface area contributed by atoms with Crippen molar-refractivity contribution in [1.82, 2.24) is 10.2 Å². The number of rotatable bonds is 9. The topological polar surface area (TPSA) is 86.7 Å². The maximum atomic E-state index is 12.3. The van der Waals surface area contributed by atoms with Gasteiger partial charge in [0, 0.05) is 19.9 Å². The lowest BCUT2D eigenvalue weighted by Crippen LogP contribution is -2.47. The molecule has 8 heteroatoms. The van der Waals surface area contributed by atoms with Crippen LogP contribution in [0.4, 0.5) is 8.78 Å². The quantitative estimate of drug-likeness (QED) is 0.708. The second kappa shape index (κ2) is 9.59. The molecule has 0 saturated heterocycles. The van der Waals surface area contributed by atoms with E-state index >= 15 is 0 Å². The Morgan fingerprint density at radius 3 is 2.33 bits per heavy atom. The molecule has 1 unspecified atom stereocenters. The van der Waals surface area contributed by atoms with Crippen LogP contribution in [0.25, 0.3) is 0 Å². The van der Waals surface area contributed by atoms with E-state index in [1.165, 1.54) is 11.8 Å². The summed E-state index contributed by atoms with van der Waals surface area (Å²) in [4.78, 5) is 35.6. The molecule has 132 valence electrons. The summed E-state index contributed by atoms with van der Waals surface area (Å²) in [6, 6.07) is 7.63. The number of carboxylic acids is 1. The van der Waals surface area contributed by atoms with Gasteiger partial charge in [-0.1, -0.05) is 30.3 Å². The number of nitrogens with zero attached hydrogens (tertiary/aromatic N) is 1. The van der Waals surface area contributed by atoms with Crippen LogP contribution >= 0.6 is 0 Å². The molecule has 0 bridgehead atoms. The molecule has 2 amide bonds. The van der Waals surface area contributed by atoms with Gasteiger partial charge in [-0.25, -0.2) is 13.6 Å². The minimum Gasteiger partial charge on any atom is -0.480 e. The number of alkyl halides is 2. The summed E-state index contributed by atoms with van der Waals surface area (Å²) >= 11 is 0. The number of aliphatic carboxylic acids is 1. The minimum absolute atomic E-state index is 0.263. The Morgan fingerprint density at radius 2 is 1.83 bits per heavy atom. The third-order valence-corrected chi connectivity index (χ3v) is 3.34. The molecule has 0 aliphatic heterocycles. The molecule has 24 heavy (non-hydrogen) atoms. The fourth-order valence-electron chi connectivity index (χ4n) is 2.07. The highest BCUT2D eigenvalue weighted by molar-refractivity contribution is 5.87. The zero-order valence-corrected chi connectivity index (χ0v) is 13.2. The maximum absolute atomic E-state index is 12.3. The molecular formula is C16H20F2N2O4. The highest BCUT2D eigenvalue weighted by Gasteiger charge is 2.25. The van der Waals surface area contributed by atoms with Crippen molar-refractivity contribution in [3.63, 3.8) is 0 Å². The van der Waals surface area contributed by atoms with Crippen molar-refractivity contribution in [2.45, 2.75) is 32.2 Å². The van der Waals surface area contributed by atoms with Gasteiger partial charge in [0.25, 0.3) is 0 Å². The number of carbonyl (C=O) groups is 3. The van der Waals surface area contributed by atoms with Gasteiger partial charge in [-0.3, -0.25) is 9.59 Å². The summed E-state index contributed by atoms with van der Waals surface area (Å²) < 4.78 is 24.6. The van der Waals surface area contributed by atoms with Crippen LogP contribution in [0.5, 0.6) is 0 Å². The van der Waals surface area contributed by atoms with Gasteiger partial charge in [0.1, 0.15) is 6.04 Å². The van der Waals surface area contributed by atoms with E-state index in [1.807, 2.05) is 35.6 Å². The van der Waals surface area contributed by atoms with Gasteiger partial charge in [-0.05, 0) is 12.0 Å². The Morgan fingerprint density at radius 1 is 1.21 bits per heavy atom. The van der Waals surface area contributed by atoms with E-state index in [1.54, 1.807) is 0 Å². The molecule has 6 nitrogen and oxygen atoms in total. The first-order chi connectivity index (χ1) is 11.3. The molecule has 1 atom stereocenters. The van der Waals surface area contributed by atoms with Crippen molar-refractivity contribution in [1.29, 1.82) is 0 Å². The summed E-state index contributed by atoms with van der Waals surface area (Å²) in [5.74, 6) is -2.68. The van der Waals surface area contributed by atoms with Crippen LogP contribution < -0.4 is 5.32 Å². The lowest BCUT2D eigenvalue weighted by Gasteiger charge is -2.22. The number of amides is 2. The first-order valence-corrected chi connectivity index (χ1v) is 7.39. The summed E-state index contributed by atoms with van der Waals surface area (Å²) in [6.45, 7) is 1.17. The third kappa shape index (κ3) is 7.17. The van der Waals surface area contributed by atoms with Crippen LogP contribution in [-0.4, -0.2) is 53.3 Å². The Hall–Kier alpha value is -2.51. The molecule has 0 spiro atoms. The van der Waals surface area contributed by atoms with Gasteiger partial charge in [0.2, 0.25) is 18.2 Å². The Bertz CT molecular complexity index is 566. The highest BCUT2D eigenvalue weighted by Crippen LogP contribution is 2.05. The van der Waals surface area contributed by atoms with Crippen molar-refractivity contribution in [3.05, 3.63) is 35.9 Å². The van der Waals surface area contributed by atoms with E-state index in [4.69, 9.17) is 5.11 Å². The van der Waals surface area contributed by atoms with Gasteiger partial charge < -0.3 is 15.3 Å². The van der Waals surface area contributed by atoms with Crippen LogP contribution in [-0.2, 0) is 20.8 Å². The molecule has 0 saturated carbocycles. The van der Waals surface area contributed by atoms with Crippen molar-refractivity contribution >= 4 is 17.8 Å². The first kappa shape index (κ1) is 19.5. The number of carbonyl (C=O) groups excluding carboxylic acids is 2. The van der Waals surface area contributed by atoms with Crippen molar-refractivity contribution in [3.8, 4) is 0 Å². The predicted molar refractivity (Wildman–Crippen MR) is 82.6 cm³/mol. The fourth-order valence-corrected chi connectivity index (χ4v) is 2.07. The molecule has 0 aromatic heterocycles. The molecule has 1 aromatic carbocycles. The van der Waals surface area contributed by atoms with Gasteiger partial charge in [0.05, 0.1) is 6.54 Å².